The molecule has 0 saturated carbocycles. The first-order chi connectivity index (χ1) is 6.47. The van der Waals surface area contributed by atoms with Crippen molar-refractivity contribution in [1.29, 1.82) is 0 Å². The Labute approximate surface area is 86.4 Å². The zero-order valence-corrected chi connectivity index (χ0v) is 9.39. The Hall–Kier alpha value is -0.600. The molecule has 5 heteroatoms. The largest absolute Gasteiger partial charge is 0.283 e. The standard InChI is InChI=1S/C9H8F2NPS/c1-5-12-7-4-6(9(10,11)13)2-3-8(7)14-5/h2-4H,13H2,1H3. The third-order valence-electron chi connectivity index (χ3n) is 1.88. The summed E-state index contributed by atoms with van der Waals surface area (Å²) in [5, 5.41) is 0.893. The van der Waals surface area contributed by atoms with Crippen LogP contribution in [0.4, 0.5) is 8.78 Å². The highest BCUT2D eigenvalue weighted by molar-refractivity contribution is 7.18. The first-order valence-corrected chi connectivity index (χ1v) is 5.40. The second-order valence-corrected chi connectivity index (χ2v) is 5.00. The maximum absolute atomic E-state index is 12.9. The molecular formula is C9H8F2NPS. The van der Waals surface area contributed by atoms with E-state index in [2.05, 4.69) is 4.98 Å². The van der Waals surface area contributed by atoms with Crippen molar-refractivity contribution >= 4 is 30.8 Å². The van der Waals surface area contributed by atoms with E-state index in [1.807, 2.05) is 6.92 Å². The molecule has 0 saturated heterocycles. The van der Waals surface area contributed by atoms with Crippen LogP contribution in [-0.2, 0) is 5.66 Å². The molecule has 0 aliphatic rings. The number of alkyl halides is 2. The van der Waals surface area contributed by atoms with Crippen molar-refractivity contribution in [2.75, 3.05) is 0 Å². The lowest BCUT2D eigenvalue weighted by atomic mass is 10.2. The van der Waals surface area contributed by atoms with Crippen LogP contribution >= 0.6 is 20.6 Å². The van der Waals surface area contributed by atoms with Gasteiger partial charge in [-0.3, -0.25) is 0 Å². The van der Waals surface area contributed by atoms with Crippen LogP contribution in [0.15, 0.2) is 18.2 Å². The normalized spacial score (nSPS) is 12.3. The van der Waals surface area contributed by atoms with Crippen molar-refractivity contribution in [1.82, 2.24) is 4.98 Å². The summed E-state index contributed by atoms with van der Waals surface area (Å²) in [7, 11) is 1.53. The van der Waals surface area contributed by atoms with E-state index in [4.69, 9.17) is 0 Å². The van der Waals surface area contributed by atoms with Gasteiger partial charge in [0.2, 0.25) is 0 Å². The molecule has 74 valence electrons. The van der Waals surface area contributed by atoms with Gasteiger partial charge in [-0.25, -0.2) is 4.98 Å². The predicted molar refractivity (Wildman–Crippen MR) is 58.0 cm³/mol. The van der Waals surface area contributed by atoms with E-state index in [0.29, 0.717) is 5.52 Å². The highest BCUT2D eigenvalue weighted by Gasteiger charge is 2.24. The van der Waals surface area contributed by atoms with Crippen LogP contribution in [0.5, 0.6) is 0 Å². The third kappa shape index (κ3) is 1.77. The fourth-order valence-corrected chi connectivity index (χ4v) is 2.24. The summed E-state index contributed by atoms with van der Waals surface area (Å²) in [5.41, 5.74) is -2.24. The van der Waals surface area contributed by atoms with Gasteiger partial charge in [-0.05, 0) is 19.1 Å². The van der Waals surface area contributed by atoms with Crippen molar-refractivity contribution in [2.24, 2.45) is 0 Å². The van der Waals surface area contributed by atoms with Crippen molar-refractivity contribution in [3.8, 4) is 0 Å². The summed E-state index contributed by atoms with van der Waals surface area (Å²) in [5.74, 6) is 0. The van der Waals surface area contributed by atoms with E-state index in [0.717, 1.165) is 9.71 Å². The van der Waals surface area contributed by atoms with Crippen LogP contribution in [0, 0.1) is 6.92 Å². The van der Waals surface area contributed by atoms with Crippen LogP contribution in [0.25, 0.3) is 10.2 Å². The Morgan fingerprint density at radius 1 is 1.43 bits per heavy atom. The number of nitrogens with zero attached hydrogens (tertiary/aromatic N) is 1. The van der Waals surface area contributed by atoms with E-state index in [9.17, 15) is 8.78 Å². The van der Waals surface area contributed by atoms with E-state index < -0.39 is 5.66 Å². The van der Waals surface area contributed by atoms with E-state index in [1.165, 1.54) is 32.7 Å². The highest BCUT2D eigenvalue weighted by atomic mass is 32.1. The molecule has 1 atom stereocenters. The summed E-state index contributed by atoms with van der Waals surface area (Å²) in [4.78, 5) is 4.16. The highest BCUT2D eigenvalue weighted by Crippen LogP contribution is 2.36. The summed E-state index contributed by atoms with van der Waals surface area (Å²) in [6, 6.07) is 4.56. The van der Waals surface area contributed by atoms with E-state index in [1.54, 1.807) is 6.07 Å². The second-order valence-electron chi connectivity index (χ2n) is 3.04. The molecule has 0 radical (unpaired) electrons. The molecule has 1 aromatic heterocycles. The summed E-state index contributed by atoms with van der Waals surface area (Å²) in [6.45, 7) is 1.86. The summed E-state index contributed by atoms with van der Waals surface area (Å²) in [6.07, 6.45) is 0. The summed E-state index contributed by atoms with van der Waals surface area (Å²) >= 11 is 1.51. The van der Waals surface area contributed by atoms with Gasteiger partial charge in [0.05, 0.1) is 15.2 Å². The summed E-state index contributed by atoms with van der Waals surface area (Å²) < 4.78 is 26.8. The lowest BCUT2D eigenvalue weighted by molar-refractivity contribution is 0.104. The number of hydrogen-bond donors (Lipinski definition) is 0. The zero-order chi connectivity index (χ0) is 10.3. The number of hydrogen-bond acceptors (Lipinski definition) is 2. The smallest absolute Gasteiger partial charge is 0.242 e. The fourth-order valence-electron chi connectivity index (χ4n) is 1.25. The molecule has 0 aliphatic heterocycles. The van der Waals surface area contributed by atoms with Gasteiger partial charge < -0.3 is 0 Å². The fraction of sp³-hybridized carbons (Fsp3) is 0.222. The molecule has 0 bridgehead atoms. The molecule has 0 fully saturated rings. The van der Waals surface area contributed by atoms with E-state index in [-0.39, 0.29) is 5.56 Å². The lowest BCUT2D eigenvalue weighted by Crippen LogP contribution is -2.01. The number of aromatic nitrogens is 1. The molecular weight excluding hydrogens is 223 g/mol. The van der Waals surface area contributed by atoms with Crippen molar-refractivity contribution in [3.05, 3.63) is 28.8 Å². The molecule has 1 aromatic carbocycles. The molecule has 1 unspecified atom stereocenters. The number of halogens is 2. The average molecular weight is 231 g/mol. The molecule has 2 aromatic rings. The maximum atomic E-state index is 12.9. The third-order valence-corrected chi connectivity index (χ3v) is 3.16. The van der Waals surface area contributed by atoms with Crippen LogP contribution in [0.3, 0.4) is 0 Å². The van der Waals surface area contributed by atoms with Crippen LogP contribution in [0.1, 0.15) is 10.6 Å². The van der Waals surface area contributed by atoms with E-state index >= 15 is 0 Å². The Bertz CT molecular complexity index is 475. The van der Waals surface area contributed by atoms with Crippen LogP contribution < -0.4 is 0 Å². The quantitative estimate of drug-likeness (QED) is 0.684. The molecule has 0 aliphatic carbocycles. The van der Waals surface area contributed by atoms with Gasteiger partial charge in [0.1, 0.15) is 0 Å². The Morgan fingerprint density at radius 2 is 2.14 bits per heavy atom. The number of thiazole rings is 1. The molecule has 0 N–H and O–H groups in total. The van der Waals surface area contributed by atoms with Gasteiger partial charge in [-0.15, -0.1) is 11.3 Å². The number of rotatable bonds is 1. The average Bonchev–Trinajstić information content (AvgIpc) is 2.41. The lowest BCUT2D eigenvalue weighted by Gasteiger charge is -2.09. The van der Waals surface area contributed by atoms with Gasteiger partial charge >= 0.3 is 0 Å². The monoisotopic (exact) mass is 231 g/mol. The number of fused-ring (bicyclic) bond motifs is 1. The predicted octanol–water partition coefficient (Wildman–Crippen LogP) is 3.53. The van der Waals surface area contributed by atoms with Gasteiger partial charge in [0.15, 0.2) is 0 Å². The molecule has 0 amide bonds. The Balaban J connectivity index is 2.62. The Morgan fingerprint density at radius 3 is 2.79 bits per heavy atom. The van der Waals surface area contributed by atoms with Crippen molar-refractivity contribution < 1.29 is 8.78 Å². The first kappa shape index (κ1) is 9.94. The SMILES string of the molecule is Cc1nc2cc(C(F)(F)P)ccc2s1. The topological polar surface area (TPSA) is 12.9 Å². The number of aryl methyl sites for hydroxylation is 1. The molecule has 14 heavy (non-hydrogen) atoms. The first-order valence-electron chi connectivity index (χ1n) is 4.01. The van der Waals surface area contributed by atoms with Gasteiger partial charge in [-0.1, -0.05) is 15.3 Å². The van der Waals surface area contributed by atoms with Gasteiger partial charge in [0, 0.05) is 5.56 Å². The minimum Gasteiger partial charge on any atom is -0.242 e. The van der Waals surface area contributed by atoms with Crippen LogP contribution in [0.2, 0.25) is 0 Å². The molecule has 1 heterocycles. The Kier molecular flexibility index (Phi) is 2.28. The zero-order valence-electron chi connectivity index (χ0n) is 7.42. The van der Waals surface area contributed by atoms with Gasteiger partial charge in [-0.2, -0.15) is 8.78 Å². The maximum Gasteiger partial charge on any atom is 0.283 e. The van der Waals surface area contributed by atoms with Gasteiger partial charge in [0.25, 0.3) is 5.66 Å². The minimum absolute atomic E-state index is 0.0136. The second kappa shape index (κ2) is 3.21. The van der Waals surface area contributed by atoms with Crippen molar-refractivity contribution in [3.63, 3.8) is 0 Å². The number of benzene rings is 1. The van der Waals surface area contributed by atoms with Crippen LogP contribution in [-0.4, -0.2) is 4.98 Å². The van der Waals surface area contributed by atoms with Crippen molar-refractivity contribution in [2.45, 2.75) is 12.6 Å². The molecule has 0 spiro atoms. The molecule has 1 nitrogen and oxygen atoms in total. The molecule has 2 rings (SSSR count). The minimum atomic E-state index is -2.87.